The van der Waals surface area contributed by atoms with Crippen LogP contribution in [0.4, 0.5) is 0 Å². The molecule has 1 fully saturated rings. The maximum Gasteiger partial charge on any atom is 0.223 e. The molecule has 108 valence electrons. The summed E-state index contributed by atoms with van der Waals surface area (Å²) < 4.78 is 0. The number of hydrogen-bond acceptors (Lipinski definition) is 1. The fourth-order valence-electron chi connectivity index (χ4n) is 3.21. The van der Waals surface area contributed by atoms with Crippen LogP contribution in [0.3, 0.4) is 0 Å². The zero-order chi connectivity index (χ0) is 14.7. The third-order valence-electron chi connectivity index (χ3n) is 4.36. The number of carbonyl (C=O) groups excluding carboxylic acids is 1. The minimum Gasteiger partial charge on any atom is -0.353 e. The molecule has 2 atom stereocenters. The molecule has 1 unspecified atom stereocenters. The highest BCUT2D eigenvalue weighted by Crippen LogP contribution is 2.32. The number of benzene rings is 2. The monoisotopic (exact) mass is 279 g/mol. The van der Waals surface area contributed by atoms with Gasteiger partial charge in [0.05, 0.1) is 0 Å². The number of carbonyl (C=O) groups is 1. The first-order chi connectivity index (χ1) is 10.2. The van der Waals surface area contributed by atoms with Gasteiger partial charge in [-0.05, 0) is 24.0 Å². The minimum atomic E-state index is 0.141. The van der Waals surface area contributed by atoms with Crippen LogP contribution in [0.15, 0.2) is 60.7 Å². The molecule has 0 radical (unpaired) electrons. The molecule has 3 rings (SSSR count). The molecule has 1 aliphatic rings. The second-order valence-corrected chi connectivity index (χ2v) is 5.95. The molecule has 21 heavy (non-hydrogen) atoms. The van der Waals surface area contributed by atoms with Crippen LogP contribution in [-0.2, 0) is 4.79 Å². The van der Waals surface area contributed by atoms with Crippen LogP contribution in [-0.4, -0.2) is 11.9 Å². The SMILES string of the molecule is CC1C[C@H](CC(c2ccccc2)c2ccccc2)NC1=O. The Balaban J connectivity index is 1.85. The van der Waals surface area contributed by atoms with E-state index in [1.54, 1.807) is 0 Å². The molecule has 0 bridgehead atoms. The van der Waals surface area contributed by atoms with Gasteiger partial charge in [0.25, 0.3) is 0 Å². The molecule has 2 nitrogen and oxygen atoms in total. The third kappa shape index (κ3) is 3.15. The molecule has 0 aliphatic carbocycles. The Morgan fingerprint density at radius 1 is 1.00 bits per heavy atom. The van der Waals surface area contributed by atoms with E-state index >= 15 is 0 Å². The van der Waals surface area contributed by atoms with Crippen molar-refractivity contribution in [2.24, 2.45) is 5.92 Å². The normalized spacial score (nSPS) is 21.5. The molecule has 1 aliphatic heterocycles. The van der Waals surface area contributed by atoms with Crippen molar-refractivity contribution < 1.29 is 4.79 Å². The average Bonchev–Trinajstić information content (AvgIpc) is 2.85. The second kappa shape index (κ2) is 6.13. The van der Waals surface area contributed by atoms with Gasteiger partial charge in [-0.25, -0.2) is 0 Å². The van der Waals surface area contributed by atoms with Crippen LogP contribution in [0.2, 0.25) is 0 Å². The molecule has 2 aromatic carbocycles. The van der Waals surface area contributed by atoms with Crippen molar-refractivity contribution in [2.75, 3.05) is 0 Å². The van der Waals surface area contributed by atoms with E-state index < -0.39 is 0 Å². The molecule has 1 saturated heterocycles. The van der Waals surface area contributed by atoms with Crippen molar-refractivity contribution in [1.29, 1.82) is 0 Å². The minimum absolute atomic E-state index is 0.141. The highest BCUT2D eigenvalue weighted by Gasteiger charge is 2.30. The topological polar surface area (TPSA) is 29.1 Å². The lowest BCUT2D eigenvalue weighted by atomic mass is 9.85. The van der Waals surface area contributed by atoms with Crippen molar-refractivity contribution in [2.45, 2.75) is 31.7 Å². The van der Waals surface area contributed by atoms with Crippen LogP contribution in [0, 0.1) is 5.92 Å². The summed E-state index contributed by atoms with van der Waals surface area (Å²) in [6.07, 6.45) is 1.90. The Hall–Kier alpha value is -2.09. The van der Waals surface area contributed by atoms with Crippen molar-refractivity contribution in [3.05, 3.63) is 71.8 Å². The quantitative estimate of drug-likeness (QED) is 0.907. The predicted octanol–water partition coefficient (Wildman–Crippen LogP) is 3.73. The van der Waals surface area contributed by atoms with Gasteiger partial charge in [0.1, 0.15) is 0 Å². The summed E-state index contributed by atoms with van der Waals surface area (Å²) >= 11 is 0. The summed E-state index contributed by atoms with van der Waals surface area (Å²) in [6, 6.07) is 21.4. The van der Waals surface area contributed by atoms with Crippen molar-refractivity contribution >= 4 is 5.91 Å². The molecule has 1 N–H and O–H groups in total. The Bertz CT molecular complexity index is 554. The molecule has 0 spiro atoms. The average molecular weight is 279 g/mol. The lowest BCUT2D eigenvalue weighted by Gasteiger charge is -2.22. The maximum absolute atomic E-state index is 11.7. The summed E-state index contributed by atoms with van der Waals surface area (Å²) in [4.78, 5) is 11.7. The Morgan fingerprint density at radius 3 is 1.95 bits per heavy atom. The fourth-order valence-corrected chi connectivity index (χ4v) is 3.21. The summed E-state index contributed by atoms with van der Waals surface area (Å²) in [6.45, 7) is 2.01. The van der Waals surface area contributed by atoms with Gasteiger partial charge >= 0.3 is 0 Å². The standard InChI is InChI=1S/C19H21NO/c1-14-12-17(20-19(14)21)13-18(15-8-4-2-5-9-15)16-10-6-3-7-11-16/h2-11,14,17-18H,12-13H2,1H3,(H,20,21)/t14?,17-/m1/s1. The Kier molecular flexibility index (Phi) is 4.05. The molecule has 2 heteroatoms. The van der Waals surface area contributed by atoms with E-state index in [0.29, 0.717) is 5.92 Å². The van der Waals surface area contributed by atoms with Crippen LogP contribution >= 0.6 is 0 Å². The van der Waals surface area contributed by atoms with Gasteiger partial charge in [-0.1, -0.05) is 67.6 Å². The first-order valence-corrected chi connectivity index (χ1v) is 7.64. The van der Waals surface area contributed by atoms with Gasteiger partial charge in [-0.2, -0.15) is 0 Å². The molecule has 2 aromatic rings. The number of rotatable bonds is 4. The molecule has 1 amide bonds. The fraction of sp³-hybridized carbons (Fsp3) is 0.316. The summed E-state index contributed by atoms with van der Waals surface area (Å²) in [5.41, 5.74) is 2.63. The Morgan fingerprint density at radius 2 is 1.52 bits per heavy atom. The first-order valence-electron chi connectivity index (χ1n) is 7.64. The van der Waals surface area contributed by atoms with E-state index in [9.17, 15) is 4.79 Å². The largest absolute Gasteiger partial charge is 0.353 e. The second-order valence-electron chi connectivity index (χ2n) is 5.95. The smallest absolute Gasteiger partial charge is 0.223 e. The van der Waals surface area contributed by atoms with Gasteiger partial charge in [-0.15, -0.1) is 0 Å². The van der Waals surface area contributed by atoms with E-state index in [2.05, 4.69) is 53.8 Å². The third-order valence-corrected chi connectivity index (χ3v) is 4.36. The van der Waals surface area contributed by atoms with E-state index in [4.69, 9.17) is 0 Å². The predicted molar refractivity (Wildman–Crippen MR) is 85.1 cm³/mol. The highest BCUT2D eigenvalue weighted by molar-refractivity contribution is 5.80. The number of hydrogen-bond donors (Lipinski definition) is 1. The molecular weight excluding hydrogens is 258 g/mol. The Labute approximate surface area is 126 Å². The zero-order valence-corrected chi connectivity index (χ0v) is 12.3. The van der Waals surface area contributed by atoms with Crippen LogP contribution in [0.5, 0.6) is 0 Å². The van der Waals surface area contributed by atoms with Crippen LogP contribution in [0.25, 0.3) is 0 Å². The molecule has 0 aromatic heterocycles. The van der Waals surface area contributed by atoms with E-state index in [1.165, 1.54) is 11.1 Å². The van der Waals surface area contributed by atoms with E-state index in [1.807, 2.05) is 19.1 Å². The van der Waals surface area contributed by atoms with Crippen molar-refractivity contribution in [3.63, 3.8) is 0 Å². The summed E-state index contributed by atoms with van der Waals surface area (Å²) in [5.74, 6) is 0.671. The summed E-state index contributed by atoms with van der Waals surface area (Å²) in [7, 11) is 0. The van der Waals surface area contributed by atoms with E-state index in [0.717, 1.165) is 12.8 Å². The first kappa shape index (κ1) is 13.9. The number of amides is 1. The molecule has 0 saturated carbocycles. The maximum atomic E-state index is 11.7. The molecular formula is C19H21NO. The van der Waals surface area contributed by atoms with Gasteiger partial charge < -0.3 is 5.32 Å². The van der Waals surface area contributed by atoms with E-state index in [-0.39, 0.29) is 17.9 Å². The van der Waals surface area contributed by atoms with Gasteiger partial charge in [-0.3, -0.25) is 4.79 Å². The number of nitrogens with one attached hydrogen (secondary N) is 1. The van der Waals surface area contributed by atoms with Crippen molar-refractivity contribution in [3.8, 4) is 0 Å². The van der Waals surface area contributed by atoms with Crippen LogP contribution in [0.1, 0.15) is 36.8 Å². The van der Waals surface area contributed by atoms with Gasteiger partial charge in [0.2, 0.25) is 5.91 Å². The lowest BCUT2D eigenvalue weighted by molar-refractivity contribution is -0.122. The lowest BCUT2D eigenvalue weighted by Crippen LogP contribution is -2.27. The summed E-state index contributed by atoms with van der Waals surface area (Å²) in [5, 5.41) is 3.13. The van der Waals surface area contributed by atoms with Crippen LogP contribution < -0.4 is 5.32 Å². The van der Waals surface area contributed by atoms with Gasteiger partial charge in [0, 0.05) is 17.9 Å². The zero-order valence-electron chi connectivity index (χ0n) is 12.3. The highest BCUT2D eigenvalue weighted by atomic mass is 16.2. The van der Waals surface area contributed by atoms with Gasteiger partial charge in [0.15, 0.2) is 0 Å². The molecule has 1 heterocycles. The van der Waals surface area contributed by atoms with Crippen molar-refractivity contribution in [1.82, 2.24) is 5.32 Å².